The van der Waals surface area contributed by atoms with Gasteiger partial charge in [-0.05, 0) is 31.7 Å². The van der Waals surface area contributed by atoms with Crippen LogP contribution in [0.3, 0.4) is 0 Å². The third-order valence-corrected chi connectivity index (χ3v) is 6.75. The number of fused-ring (bicyclic) bond motifs is 1. The van der Waals surface area contributed by atoms with Crippen molar-refractivity contribution in [1.29, 1.82) is 0 Å². The van der Waals surface area contributed by atoms with Gasteiger partial charge >= 0.3 is 0 Å². The van der Waals surface area contributed by atoms with Crippen molar-refractivity contribution in [1.82, 2.24) is 10.3 Å². The summed E-state index contributed by atoms with van der Waals surface area (Å²) >= 11 is 3.56. The zero-order valence-electron chi connectivity index (χ0n) is 17.1. The lowest BCUT2D eigenvalue weighted by molar-refractivity contribution is 0.0920. The van der Waals surface area contributed by atoms with Crippen molar-refractivity contribution in [2.24, 2.45) is 5.92 Å². The summed E-state index contributed by atoms with van der Waals surface area (Å²) in [6, 6.07) is 14.5. The van der Waals surface area contributed by atoms with Crippen LogP contribution in [-0.4, -0.2) is 16.9 Å². The monoisotopic (exact) mass is 468 g/mol. The van der Waals surface area contributed by atoms with Gasteiger partial charge in [-0.2, -0.15) is 0 Å². The molecule has 1 aromatic heterocycles. The van der Waals surface area contributed by atoms with E-state index in [1.54, 1.807) is 12.1 Å². The number of rotatable bonds is 5. The van der Waals surface area contributed by atoms with Crippen molar-refractivity contribution in [3.05, 3.63) is 65.5 Å². The van der Waals surface area contributed by atoms with Crippen LogP contribution in [-0.2, 0) is 5.33 Å². The average molecular weight is 469 g/mol. The minimum absolute atomic E-state index is 0.0814. The molecule has 3 aromatic rings. The molecule has 1 N–H and O–H groups in total. The number of carbonyl (C=O) groups excluding carboxylic acids is 1. The summed E-state index contributed by atoms with van der Waals surface area (Å²) in [5, 5.41) is 4.23. The van der Waals surface area contributed by atoms with Gasteiger partial charge in [-0.15, -0.1) is 0 Å². The largest absolute Gasteiger partial charge is 0.349 e. The number of carbonyl (C=O) groups is 1. The number of pyridine rings is 1. The molecule has 0 aliphatic heterocycles. The van der Waals surface area contributed by atoms with Gasteiger partial charge < -0.3 is 5.32 Å². The second-order valence-corrected chi connectivity index (χ2v) is 8.67. The minimum atomic E-state index is -0.416. The van der Waals surface area contributed by atoms with Crippen molar-refractivity contribution in [3.8, 4) is 11.3 Å². The fourth-order valence-corrected chi connectivity index (χ4v) is 5.09. The smallest absolute Gasteiger partial charge is 0.252 e. The Morgan fingerprint density at radius 2 is 1.87 bits per heavy atom. The molecule has 1 aliphatic carbocycles. The van der Waals surface area contributed by atoms with Gasteiger partial charge in [-0.3, -0.25) is 4.79 Å². The Kier molecular flexibility index (Phi) is 6.47. The summed E-state index contributed by atoms with van der Waals surface area (Å²) < 4.78 is 14.7. The molecule has 1 atom stereocenters. The topological polar surface area (TPSA) is 42.0 Å². The van der Waals surface area contributed by atoms with Gasteiger partial charge in [0.05, 0.1) is 11.3 Å². The normalized spacial score (nSPS) is 15.8. The molecule has 1 amide bonds. The Bertz CT molecular complexity index is 1050. The number of aromatic nitrogens is 1. The van der Waals surface area contributed by atoms with Gasteiger partial charge in [0, 0.05) is 27.9 Å². The highest BCUT2D eigenvalue weighted by Gasteiger charge is 2.26. The molecule has 1 fully saturated rings. The number of para-hydroxylation sites is 1. The molecule has 1 saturated carbocycles. The molecule has 30 heavy (non-hydrogen) atoms. The van der Waals surface area contributed by atoms with Gasteiger partial charge in [0.25, 0.3) is 5.91 Å². The van der Waals surface area contributed by atoms with Crippen molar-refractivity contribution >= 4 is 32.7 Å². The Labute approximate surface area is 185 Å². The Morgan fingerprint density at radius 3 is 2.57 bits per heavy atom. The average Bonchev–Trinajstić information content (AvgIpc) is 2.79. The van der Waals surface area contributed by atoms with Gasteiger partial charge in [0.1, 0.15) is 11.3 Å². The molecule has 0 radical (unpaired) electrons. The molecule has 0 spiro atoms. The summed E-state index contributed by atoms with van der Waals surface area (Å²) in [5.41, 5.74) is 3.04. The zero-order valence-corrected chi connectivity index (χ0v) is 18.7. The SMILES string of the molecule is C[C@H](NC(=O)c1c(CBr)c(-c2ccccc2)nc2c(F)cccc12)C1CCCCC1. The molecule has 0 bridgehead atoms. The number of nitrogens with zero attached hydrogens (tertiary/aromatic N) is 1. The van der Waals surface area contributed by atoms with Crippen LogP contribution >= 0.6 is 15.9 Å². The molecule has 1 heterocycles. The number of hydrogen-bond donors (Lipinski definition) is 1. The lowest BCUT2D eigenvalue weighted by atomic mass is 9.84. The van der Waals surface area contributed by atoms with E-state index in [2.05, 4.69) is 33.2 Å². The maximum atomic E-state index is 14.7. The van der Waals surface area contributed by atoms with Crippen molar-refractivity contribution in [3.63, 3.8) is 0 Å². The number of nitrogens with one attached hydrogen (secondary N) is 1. The van der Waals surface area contributed by atoms with Crippen LogP contribution in [0.1, 0.15) is 54.9 Å². The first kappa shape index (κ1) is 21.0. The number of amides is 1. The van der Waals surface area contributed by atoms with Gasteiger partial charge in [-0.25, -0.2) is 9.37 Å². The summed E-state index contributed by atoms with van der Waals surface area (Å²) in [5.74, 6) is -0.0774. The molecule has 156 valence electrons. The van der Waals surface area contributed by atoms with Crippen molar-refractivity contribution in [2.75, 3.05) is 0 Å². The first-order valence-corrected chi connectivity index (χ1v) is 11.8. The first-order chi connectivity index (χ1) is 14.6. The van der Waals surface area contributed by atoms with Crippen LogP contribution in [0.5, 0.6) is 0 Å². The second kappa shape index (κ2) is 9.25. The van der Waals surface area contributed by atoms with Crippen LogP contribution in [0.4, 0.5) is 4.39 Å². The maximum absolute atomic E-state index is 14.7. The van der Waals surface area contributed by atoms with Gasteiger partial charge in [0.2, 0.25) is 0 Å². The van der Waals surface area contributed by atoms with E-state index in [9.17, 15) is 9.18 Å². The number of benzene rings is 2. The molecule has 0 saturated heterocycles. The van der Waals surface area contributed by atoms with Crippen LogP contribution in [0.2, 0.25) is 0 Å². The number of hydrogen-bond acceptors (Lipinski definition) is 2. The first-order valence-electron chi connectivity index (χ1n) is 10.6. The van der Waals surface area contributed by atoms with Crippen LogP contribution in [0, 0.1) is 11.7 Å². The lowest BCUT2D eigenvalue weighted by Crippen LogP contribution is -2.39. The van der Waals surface area contributed by atoms with E-state index in [0.29, 0.717) is 27.9 Å². The van der Waals surface area contributed by atoms with Crippen LogP contribution < -0.4 is 5.32 Å². The van der Waals surface area contributed by atoms with E-state index in [1.165, 1.54) is 25.3 Å². The molecule has 4 rings (SSSR count). The van der Waals surface area contributed by atoms with E-state index in [-0.39, 0.29) is 17.5 Å². The van der Waals surface area contributed by atoms with E-state index < -0.39 is 5.82 Å². The highest BCUT2D eigenvalue weighted by Crippen LogP contribution is 2.33. The van der Waals surface area contributed by atoms with E-state index in [1.807, 2.05) is 30.3 Å². The molecular weight excluding hydrogens is 443 g/mol. The standard InChI is InChI=1S/C25H26BrFN2O/c1-16(17-9-4-2-5-10-17)28-25(30)22-19-13-8-14-21(27)24(19)29-23(20(22)15-26)18-11-6-3-7-12-18/h3,6-8,11-14,16-17H,2,4-5,9-10,15H2,1H3,(H,28,30)/t16-/m0/s1. The minimum Gasteiger partial charge on any atom is -0.349 e. The Morgan fingerprint density at radius 1 is 1.13 bits per heavy atom. The molecule has 3 nitrogen and oxygen atoms in total. The molecule has 5 heteroatoms. The molecule has 2 aromatic carbocycles. The summed E-state index contributed by atoms with van der Waals surface area (Å²) in [7, 11) is 0. The lowest BCUT2D eigenvalue weighted by Gasteiger charge is -2.28. The summed E-state index contributed by atoms with van der Waals surface area (Å²) in [6.45, 7) is 2.09. The Balaban J connectivity index is 1.82. The fraction of sp³-hybridized carbons (Fsp3) is 0.360. The highest BCUT2D eigenvalue weighted by atomic mass is 79.9. The van der Waals surface area contributed by atoms with E-state index in [4.69, 9.17) is 0 Å². The predicted molar refractivity (Wildman–Crippen MR) is 123 cm³/mol. The summed E-state index contributed by atoms with van der Waals surface area (Å²) in [6.07, 6.45) is 6.01. The van der Waals surface area contributed by atoms with Crippen molar-refractivity contribution in [2.45, 2.75) is 50.4 Å². The Hall–Kier alpha value is -2.27. The molecule has 1 aliphatic rings. The third-order valence-electron chi connectivity index (χ3n) is 6.19. The molecular formula is C25H26BrFN2O. The fourth-order valence-electron chi connectivity index (χ4n) is 4.55. The quantitative estimate of drug-likeness (QED) is 0.426. The molecule has 0 unspecified atom stereocenters. The van der Waals surface area contributed by atoms with Crippen LogP contribution in [0.15, 0.2) is 48.5 Å². The van der Waals surface area contributed by atoms with Crippen molar-refractivity contribution < 1.29 is 9.18 Å². The number of halogens is 2. The summed E-state index contributed by atoms with van der Waals surface area (Å²) in [4.78, 5) is 18.1. The highest BCUT2D eigenvalue weighted by molar-refractivity contribution is 9.08. The number of alkyl halides is 1. The van der Waals surface area contributed by atoms with Crippen LogP contribution in [0.25, 0.3) is 22.2 Å². The van der Waals surface area contributed by atoms with E-state index >= 15 is 0 Å². The van der Waals surface area contributed by atoms with Gasteiger partial charge in [-0.1, -0.05) is 77.7 Å². The second-order valence-electron chi connectivity index (χ2n) is 8.11. The van der Waals surface area contributed by atoms with Gasteiger partial charge in [0.15, 0.2) is 0 Å². The zero-order chi connectivity index (χ0) is 21.1. The van der Waals surface area contributed by atoms with E-state index in [0.717, 1.165) is 24.0 Å². The third kappa shape index (κ3) is 4.13. The predicted octanol–water partition coefficient (Wildman–Crippen LogP) is 6.63. The maximum Gasteiger partial charge on any atom is 0.252 e.